The van der Waals surface area contributed by atoms with Crippen LogP contribution in [-0.2, 0) is 16.2 Å². The van der Waals surface area contributed by atoms with E-state index in [4.69, 9.17) is 5.26 Å². The topological polar surface area (TPSA) is 105 Å². The lowest BCUT2D eigenvalue weighted by Gasteiger charge is -2.14. The van der Waals surface area contributed by atoms with E-state index in [-0.39, 0.29) is 17.0 Å². The second kappa shape index (κ2) is 6.99. The predicted octanol–water partition coefficient (Wildman–Crippen LogP) is 2.33. The first kappa shape index (κ1) is 20.4. The molecule has 0 fully saturated rings. The molecule has 144 valence electrons. The lowest BCUT2D eigenvalue weighted by Crippen LogP contribution is -2.28. The first-order chi connectivity index (χ1) is 12.4. The van der Waals surface area contributed by atoms with Gasteiger partial charge in [-0.1, -0.05) is 0 Å². The van der Waals surface area contributed by atoms with Gasteiger partial charge < -0.3 is 0 Å². The molecule has 0 atom stereocenters. The van der Waals surface area contributed by atoms with Crippen LogP contribution in [0, 0.1) is 24.1 Å². The molecule has 0 spiro atoms. The molecular weight excluding hydrogens is 392 g/mol. The second-order valence-electron chi connectivity index (χ2n) is 5.36. The molecular formula is C15H12F4N4O3S. The number of aromatic nitrogens is 2. The van der Waals surface area contributed by atoms with Gasteiger partial charge in [-0.25, -0.2) is 12.8 Å². The van der Waals surface area contributed by atoms with E-state index in [2.05, 4.69) is 9.82 Å². The molecule has 0 unspecified atom stereocenters. The molecule has 0 amide bonds. The van der Waals surface area contributed by atoms with Crippen molar-refractivity contribution >= 4 is 15.7 Å². The van der Waals surface area contributed by atoms with Gasteiger partial charge in [-0.15, -0.1) is 0 Å². The molecule has 7 nitrogen and oxygen atoms in total. The van der Waals surface area contributed by atoms with Crippen LogP contribution in [0.1, 0.15) is 23.6 Å². The van der Waals surface area contributed by atoms with E-state index in [9.17, 15) is 30.8 Å². The van der Waals surface area contributed by atoms with Crippen LogP contribution in [0.3, 0.4) is 0 Å². The second-order valence-corrected chi connectivity index (χ2v) is 7.38. The maximum Gasteiger partial charge on any atom is 0.418 e. The smallest absolute Gasteiger partial charge is 0.282 e. The van der Waals surface area contributed by atoms with E-state index in [1.807, 2.05) is 0 Å². The number of nitrogens with one attached hydrogen (secondary N) is 1. The fraction of sp³-hybridized carbons (Fsp3) is 0.267. The molecule has 0 saturated heterocycles. The SMILES string of the molecule is CCS(=O)(=O)Nc1cc(-n2ncc(C(F)(F)F)c(C)c2=O)c(F)cc1C#N. The highest BCUT2D eigenvalue weighted by atomic mass is 32.2. The van der Waals surface area contributed by atoms with Gasteiger partial charge in [-0.3, -0.25) is 9.52 Å². The van der Waals surface area contributed by atoms with Crippen LogP contribution in [0.15, 0.2) is 23.1 Å². The van der Waals surface area contributed by atoms with E-state index < -0.39 is 44.4 Å². The Balaban J connectivity index is 2.72. The van der Waals surface area contributed by atoms with Crippen LogP contribution < -0.4 is 10.3 Å². The highest BCUT2D eigenvalue weighted by molar-refractivity contribution is 7.92. The minimum Gasteiger partial charge on any atom is -0.282 e. The Morgan fingerprint density at radius 1 is 1.33 bits per heavy atom. The molecule has 1 N–H and O–H groups in total. The minimum atomic E-state index is -4.82. The molecule has 1 heterocycles. The average Bonchev–Trinajstić information content (AvgIpc) is 2.57. The summed E-state index contributed by atoms with van der Waals surface area (Å²) in [7, 11) is -3.84. The Hall–Kier alpha value is -2.94. The zero-order valence-corrected chi connectivity index (χ0v) is 14.7. The number of hydrogen-bond donors (Lipinski definition) is 1. The van der Waals surface area contributed by atoms with E-state index in [0.717, 1.165) is 13.0 Å². The summed E-state index contributed by atoms with van der Waals surface area (Å²) >= 11 is 0. The monoisotopic (exact) mass is 404 g/mol. The Kier molecular flexibility index (Phi) is 5.28. The maximum atomic E-state index is 14.3. The van der Waals surface area contributed by atoms with Gasteiger partial charge >= 0.3 is 6.18 Å². The Morgan fingerprint density at radius 2 is 1.96 bits per heavy atom. The van der Waals surface area contributed by atoms with Crippen LogP contribution in [0.2, 0.25) is 0 Å². The molecule has 0 saturated carbocycles. The van der Waals surface area contributed by atoms with Gasteiger partial charge in [0.05, 0.1) is 28.8 Å². The van der Waals surface area contributed by atoms with Crippen LogP contribution in [0.25, 0.3) is 5.69 Å². The van der Waals surface area contributed by atoms with Crippen LogP contribution in [-0.4, -0.2) is 24.0 Å². The number of nitrogens with zero attached hydrogens (tertiary/aromatic N) is 3. The summed E-state index contributed by atoms with van der Waals surface area (Å²) in [4.78, 5) is 12.2. The molecule has 0 aliphatic heterocycles. The summed E-state index contributed by atoms with van der Waals surface area (Å²) < 4.78 is 78.7. The third-order valence-electron chi connectivity index (χ3n) is 3.61. The van der Waals surface area contributed by atoms with E-state index in [1.54, 1.807) is 6.07 Å². The third kappa shape index (κ3) is 4.08. The van der Waals surface area contributed by atoms with Gasteiger partial charge in [-0.2, -0.15) is 28.2 Å². The number of sulfonamides is 1. The summed E-state index contributed by atoms with van der Waals surface area (Å²) in [6, 6.07) is 3.07. The number of halogens is 4. The molecule has 2 rings (SSSR count). The third-order valence-corrected chi connectivity index (χ3v) is 4.90. The van der Waals surface area contributed by atoms with Crippen molar-refractivity contribution < 1.29 is 26.0 Å². The van der Waals surface area contributed by atoms with Crippen molar-refractivity contribution in [2.75, 3.05) is 10.5 Å². The maximum absolute atomic E-state index is 14.3. The van der Waals surface area contributed by atoms with E-state index in [0.29, 0.717) is 16.9 Å². The van der Waals surface area contributed by atoms with Crippen molar-refractivity contribution in [1.82, 2.24) is 9.78 Å². The number of rotatable bonds is 4. The van der Waals surface area contributed by atoms with E-state index in [1.165, 1.54) is 6.92 Å². The molecule has 0 aliphatic carbocycles. The fourth-order valence-electron chi connectivity index (χ4n) is 2.14. The van der Waals surface area contributed by atoms with Crippen LogP contribution in [0.4, 0.5) is 23.2 Å². The number of alkyl halides is 3. The molecule has 1 aromatic heterocycles. The molecule has 0 bridgehead atoms. The van der Waals surface area contributed by atoms with Gasteiger partial charge in [0.15, 0.2) is 0 Å². The molecule has 1 aromatic carbocycles. The fourth-order valence-corrected chi connectivity index (χ4v) is 2.79. The van der Waals surface area contributed by atoms with Crippen molar-refractivity contribution in [1.29, 1.82) is 5.26 Å². The van der Waals surface area contributed by atoms with Crippen molar-refractivity contribution in [2.24, 2.45) is 0 Å². The van der Waals surface area contributed by atoms with Crippen LogP contribution in [0.5, 0.6) is 0 Å². The average molecular weight is 404 g/mol. The number of hydrogen-bond acceptors (Lipinski definition) is 5. The predicted molar refractivity (Wildman–Crippen MR) is 87.3 cm³/mol. The zero-order valence-electron chi connectivity index (χ0n) is 13.9. The molecule has 27 heavy (non-hydrogen) atoms. The molecule has 12 heteroatoms. The normalized spacial score (nSPS) is 11.9. The highest BCUT2D eigenvalue weighted by Gasteiger charge is 2.34. The Bertz CT molecular complexity index is 1100. The number of anilines is 1. The first-order valence-corrected chi connectivity index (χ1v) is 8.97. The quantitative estimate of drug-likeness (QED) is 0.788. The van der Waals surface area contributed by atoms with Crippen molar-refractivity contribution in [3.05, 3.63) is 51.2 Å². The highest BCUT2D eigenvalue weighted by Crippen LogP contribution is 2.30. The number of benzene rings is 1. The summed E-state index contributed by atoms with van der Waals surface area (Å²) in [6.45, 7) is 2.23. The van der Waals surface area contributed by atoms with Crippen molar-refractivity contribution in [3.63, 3.8) is 0 Å². The van der Waals surface area contributed by atoms with Crippen molar-refractivity contribution in [3.8, 4) is 11.8 Å². The standard InChI is InChI=1S/C15H12F4N4O3S/c1-3-27(25,26)22-12-5-13(11(16)4-9(12)6-20)23-14(24)8(2)10(7-21-23)15(17,18)19/h4-5,7,22H,3H2,1-2H3. The number of nitriles is 1. The largest absolute Gasteiger partial charge is 0.418 e. The van der Waals surface area contributed by atoms with Gasteiger partial charge in [-0.05, 0) is 26.0 Å². The van der Waals surface area contributed by atoms with Gasteiger partial charge in [0.25, 0.3) is 5.56 Å². The lowest BCUT2D eigenvalue weighted by atomic mass is 10.1. The summed E-state index contributed by atoms with van der Waals surface area (Å²) in [6.07, 6.45) is -4.45. The summed E-state index contributed by atoms with van der Waals surface area (Å²) in [5.74, 6) is -1.48. The lowest BCUT2D eigenvalue weighted by molar-refractivity contribution is -0.138. The molecule has 2 aromatic rings. The van der Waals surface area contributed by atoms with Gasteiger partial charge in [0.2, 0.25) is 10.0 Å². The van der Waals surface area contributed by atoms with Gasteiger partial charge in [0, 0.05) is 5.56 Å². The summed E-state index contributed by atoms with van der Waals surface area (Å²) in [5.41, 5.74) is -4.53. The zero-order chi connectivity index (χ0) is 20.6. The summed E-state index contributed by atoms with van der Waals surface area (Å²) in [5, 5.41) is 12.4. The first-order valence-electron chi connectivity index (χ1n) is 7.32. The molecule has 0 radical (unpaired) electrons. The van der Waals surface area contributed by atoms with Crippen LogP contribution >= 0.6 is 0 Å². The van der Waals surface area contributed by atoms with Gasteiger partial charge in [0.1, 0.15) is 17.6 Å². The van der Waals surface area contributed by atoms with Crippen molar-refractivity contribution in [2.45, 2.75) is 20.0 Å². The van der Waals surface area contributed by atoms with E-state index >= 15 is 0 Å². The Labute approximate surface area is 150 Å². The molecule has 0 aliphatic rings. The Morgan fingerprint density at radius 3 is 2.48 bits per heavy atom. The minimum absolute atomic E-state index is 0.331.